The highest BCUT2D eigenvalue weighted by molar-refractivity contribution is 6.02. The van der Waals surface area contributed by atoms with E-state index in [1.165, 1.54) is 11.1 Å². The van der Waals surface area contributed by atoms with Gasteiger partial charge in [-0.1, -0.05) is 97.1 Å². The molecule has 0 saturated carbocycles. The second-order valence-electron chi connectivity index (χ2n) is 10.5. The number of aryl methyl sites for hydroxylation is 1. The summed E-state index contributed by atoms with van der Waals surface area (Å²) in [5.41, 5.74) is 5.93. The molecule has 39 heavy (non-hydrogen) atoms. The molecule has 1 fully saturated rings. The van der Waals surface area contributed by atoms with Crippen LogP contribution in [0.3, 0.4) is 0 Å². The lowest BCUT2D eigenvalue weighted by atomic mass is 9.67. The van der Waals surface area contributed by atoms with Gasteiger partial charge in [-0.05, 0) is 42.7 Å². The maximum Gasteiger partial charge on any atom is 0.167 e. The molecule has 4 aromatic carbocycles. The third-order valence-electron chi connectivity index (χ3n) is 8.10. The summed E-state index contributed by atoms with van der Waals surface area (Å²) in [5.74, 6) is -0.670. The van der Waals surface area contributed by atoms with Crippen LogP contribution in [0.5, 0.6) is 0 Å². The van der Waals surface area contributed by atoms with Gasteiger partial charge in [0.1, 0.15) is 0 Å². The number of hydrogen-bond donors (Lipinski definition) is 1. The Morgan fingerprint density at radius 2 is 1.21 bits per heavy atom. The molecule has 4 heteroatoms. The van der Waals surface area contributed by atoms with Gasteiger partial charge in [-0.25, -0.2) is 0 Å². The van der Waals surface area contributed by atoms with Crippen molar-refractivity contribution in [1.82, 2.24) is 4.90 Å². The first-order valence-corrected chi connectivity index (χ1v) is 13.8. The van der Waals surface area contributed by atoms with E-state index in [1.54, 1.807) is 0 Å². The molecule has 1 aliphatic heterocycles. The third-order valence-corrected chi connectivity index (χ3v) is 8.10. The minimum atomic E-state index is -0.337. The molecule has 5 rings (SSSR count). The summed E-state index contributed by atoms with van der Waals surface area (Å²) < 4.78 is 0. The summed E-state index contributed by atoms with van der Waals surface area (Å²) in [6, 6.07) is 35.5. The van der Waals surface area contributed by atoms with Gasteiger partial charge in [0.15, 0.2) is 11.6 Å². The highest BCUT2D eigenvalue weighted by Gasteiger charge is 2.45. The van der Waals surface area contributed by atoms with E-state index in [0.29, 0.717) is 24.2 Å². The summed E-state index contributed by atoms with van der Waals surface area (Å²) in [7, 11) is 0. The molecule has 0 aromatic heterocycles. The standard InChI is InChI=1S/C35H36N2O2/c1-25-13-12-20-30(26(25)2)33-31(34(38)27-14-6-3-7-15-27)23-37(22-21-36-29-18-10-5-11-19-29)24-32(33)35(39)28-16-8-4-9-17-28/h3-20,31-33,36H,21-24H2,1-2H3/t31-,32-/m0/s1. The zero-order valence-electron chi connectivity index (χ0n) is 22.7. The highest BCUT2D eigenvalue weighted by atomic mass is 16.1. The first-order valence-electron chi connectivity index (χ1n) is 13.8. The van der Waals surface area contributed by atoms with Crippen LogP contribution >= 0.6 is 0 Å². The van der Waals surface area contributed by atoms with Crippen molar-refractivity contribution >= 4 is 17.3 Å². The van der Waals surface area contributed by atoms with E-state index in [0.717, 1.165) is 24.3 Å². The van der Waals surface area contributed by atoms with Gasteiger partial charge >= 0.3 is 0 Å². The smallest absolute Gasteiger partial charge is 0.167 e. The number of hydrogen-bond acceptors (Lipinski definition) is 4. The molecule has 0 amide bonds. The molecule has 2 atom stereocenters. The lowest BCUT2D eigenvalue weighted by Gasteiger charge is -2.43. The molecule has 1 aliphatic rings. The van der Waals surface area contributed by atoms with Gasteiger partial charge in [-0.2, -0.15) is 0 Å². The fourth-order valence-corrected chi connectivity index (χ4v) is 5.93. The van der Waals surface area contributed by atoms with Gasteiger partial charge in [0.2, 0.25) is 0 Å². The molecule has 0 aliphatic carbocycles. The van der Waals surface area contributed by atoms with Crippen LogP contribution < -0.4 is 5.32 Å². The molecule has 0 spiro atoms. The predicted octanol–water partition coefficient (Wildman–Crippen LogP) is 6.81. The van der Waals surface area contributed by atoms with E-state index >= 15 is 0 Å². The molecule has 0 radical (unpaired) electrons. The zero-order valence-corrected chi connectivity index (χ0v) is 22.7. The average Bonchev–Trinajstić information content (AvgIpc) is 2.99. The Balaban J connectivity index is 1.53. The molecule has 4 aromatic rings. The number of rotatable bonds is 9. The van der Waals surface area contributed by atoms with Crippen LogP contribution in [-0.4, -0.2) is 42.6 Å². The molecule has 1 N–H and O–H groups in total. The molecule has 1 heterocycles. The molecule has 198 valence electrons. The maximum atomic E-state index is 14.2. The fraction of sp³-hybridized carbons (Fsp3) is 0.257. The molecular weight excluding hydrogens is 480 g/mol. The zero-order chi connectivity index (χ0) is 27.2. The van der Waals surface area contributed by atoms with Crippen molar-refractivity contribution in [2.24, 2.45) is 11.8 Å². The number of benzene rings is 4. The van der Waals surface area contributed by atoms with Crippen LogP contribution in [0.25, 0.3) is 0 Å². The Labute approximate surface area is 231 Å². The van der Waals surface area contributed by atoms with Crippen LogP contribution in [0.15, 0.2) is 109 Å². The van der Waals surface area contributed by atoms with Crippen LogP contribution in [0.4, 0.5) is 5.69 Å². The Morgan fingerprint density at radius 1 is 0.692 bits per heavy atom. The Bertz CT molecular complexity index is 1340. The number of likely N-dealkylation sites (tertiary alicyclic amines) is 1. The third kappa shape index (κ3) is 6.02. The second kappa shape index (κ2) is 12.2. The quantitative estimate of drug-likeness (QED) is 0.248. The summed E-state index contributed by atoms with van der Waals surface area (Å²) in [4.78, 5) is 30.6. The van der Waals surface area contributed by atoms with E-state index in [2.05, 4.69) is 54.4 Å². The van der Waals surface area contributed by atoms with E-state index in [1.807, 2.05) is 78.9 Å². The number of ketones is 2. The summed E-state index contributed by atoms with van der Waals surface area (Å²) in [6.45, 7) is 6.92. The van der Waals surface area contributed by atoms with Crippen LogP contribution in [0.1, 0.15) is 43.3 Å². The number of Topliss-reactive ketones (excluding diaryl/α,β-unsaturated/α-hetero) is 2. The molecular formula is C35H36N2O2. The normalized spacial score (nSPS) is 18.0. The van der Waals surface area contributed by atoms with Gasteiger partial charge in [0, 0.05) is 60.7 Å². The Hall–Kier alpha value is -4.02. The Kier molecular flexibility index (Phi) is 8.33. The average molecular weight is 517 g/mol. The van der Waals surface area contributed by atoms with E-state index in [9.17, 15) is 9.59 Å². The van der Waals surface area contributed by atoms with Crippen LogP contribution in [0.2, 0.25) is 0 Å². The number of piperidine rings is 1. The van der Waals surface area contributed by atoms with Gasteiger partial charge in [0.05, 0.1) is 0 Å². The number of carbonyl (C=O) groups excluding carboxylic acids is 2. The van der Waals surface area contributed by atoms with Crippen molar-refractivity contribution in [2.45, 2.75) is 19.8 Å². The molecule has 1 saturated heterocycles. The van der Waals surface area contributed by atoms with Gasteiger partial charge in [-0.3, -0.25) is 9.59 Å². The highest BCUT2D eigenvalue weighted by Crippen LogP contribution is 2.42. The fourth-order valence-electron chi connectivity index (χ4n) is 5.93. The maximum absolute atomic E-state index is 14.2. The van der Waals surface area contributed by atoms with Crippen molar-refractivity contribution < 1.29 is 9.59 Å². The van der Waals surface area contributed by atoms with Gasteiger partial charge < -0.3 is 10.2 Å². The van der Waals surface area contributed by atoms with Gasteiger partial charge in [0.25, 0.3) is 0 Å². The predicted molar refractivity (Wildman–Crippen MR) is 159 cm³/mol. The van der Waals surface area contributed by atoms with Crippen LogP contribution in [-0.2, 0) is 0 Å². The number of anilines is 1. The topological polar surface area (TPSA) is 49.4 Å². The largest absolute Gasteiger partial charge is 0.384 e. The van der Waals surface area contributed by atoms with E-state index in [-0.39, 0.29) is 29.3 Å². The summed E-state index contributed by atoms with van der Waals surface area (Å²) in [6.07, 6.45) is 0. The Morgan fingerprint density at radius 3 is 1.74 bits per heavy atom. The van der Waals surface area contributed by atoms with Crippen molar-refractivity contribution in [2.75, 3.05) is 31.5 Å². The first-order chi connectivity index (χ1) is 19.0. The van der Waals surface area contributed by atoms with Crippen molar-refractivity contribution in [3.8, 4) is 0 Å². The lowest BCUT2D eigenvalue weighted by Crippen LogP contribution is -2.51. The van der Waals surface area contributed by atoms with Gasteiger partial charge in [-0.15, -0.1) is 0 Å². The van der Waals surface area contributed by atoms with Crippen molar-refractivity contribution in [3.63, 3.8) is 0 Å². The molecule has 0 unspecified atom stereocenters. The van der Waals surface area contributed by atoms with Crippen molar-refractivity contribution in [1.29, 1.82) is 0 Å². The second-order valence-corrected chi connectivity index (χ2v) is 10.5. The number of para-hydroxylation sites is 1. The lowest BCUT2D eigenvalue weighted by molar-refractivity contribution is 0.0581. The monoisotopic (exact) mass is 516 g/mol. The summed E-state index contributed by atoms with van der Waals surface area (Å²) >= 11 is 0. The van der Waals surface area contributed by atoms with E-state index < -0.39 is 0 Å². The van der Waals surface area contributed by atoms with Crippen LogP contribution in [0, 0.1) is 25.7 Å². The number of nitrogens with one attached hydrogen (secondary N) is 1. The minimum Gasteiger partial charge on any atom is -0.384 e. The number of carbonyl (C=O) groups is 2. The molecule has 4 nitrogen and oxygen atoms in total. The molecule has 0 bridgehead atoms. The van der Waals surface area contributed by atoms with E-state index in [4.69, 9.17) is 0 Å². The minimum absolute atomic E-state index is 0.105. The first kappa shape index (κ1) is 26.6. The number of nitrogens with zero attached hydrogens (tertiary/aromatic N) is 1. The SMILES string of the molecule is Cc1cccc(C2[C@@H](C(=O)c3ccccc3)CN(CCNc3ccccc3)C[C@@H]2C(=O)c2ccccc2)c1C. The van der Waals surface area contributed by atoms with Crippen molar-refractivity contribution in [3.05, 3.63) is 137 Å². The summed E-state index contributed by atoms with van der Waals surface area (Å²) in [5, 5.41) is 3.49.